The van der Waals surface area contributed by atoms with Gasteiger partial charge in [-0.15, -0.1) is 5.10 Å². The van der Waals surface area contributed by atoms with Crippen molar-refractivity contribution in [3.63, 3.8) is 0 Å². The molecular weight excluding hydrogens is 302 g/mol. The first kappa shape index (κ1) is 14.9. The summed E-state index contributed by atoms with van der Waals surface area (Å²) in [6.07, 6.45) is 0.935. The first-order valence-corrected chi connectivity index (χ1v) is 7.97. The van der Waals surface area contributed by atoms with Crippen LogP contribution in [0.2, 0.25) is 0 Å². The van der Waals surface area contributed by atoms with Crippen molar-refractivity contribution in [2.45, 2.75) is 6.42 Å². The summed E-state index contributed by atoms with van der Waals surface area (Å²) in [5.74, 6) is 0.746. The van der Waals surface area contributed by atoms with Crippen molar-refractivity contribution >= 4 is 33.7 Å². The molecule has 0 fully saturated rings. The Bertz CT molecular complexity index is 777. The number of thioether (sulfide) groups is 1. The number of H-pyrrole nitrogens is 2. The summed E-state index contributed by atoms with van der Waals surface area (Å²) in [7, 11) is 1.69. The number of methoxy groups -OCH3 is 1. The van der Waals surface area contributed by atoms with Crippen molar-refractivity contribution in [3.8, 4) is 0 Å². The van der Waals surface area contributed by atoms with Gasteiger partial charge in [0.15, 0.2) is 5.17 Å². The number of nitrogens with zero attached hydrogens (tertiary/aromatic N) is 2. The van der Waals surface area contributed by atoms with Crippen LogP contribution in [-0.2, 0) is 4.74 Å². The van der Waals surface area contributed by atoms with Crippen LogP contribution in [0, 0.1) is 0 Å². The summed E-state index contributed by atoms with van der Waals surface area (Å²) >= 11 is 1.62. The number of hydrogen-bond donors (Lipinski definition) is 3. The minimum atomic E-state index is -0.201. The molecule has 0 bridgehead atoms. The van der Waals surface area contributed by atoms with E-state index >= 15 is 0 Å². The van der Waals surface area contributed by atoms with Gasteiger partial charge in [0, 0.05) is 31.6 Å². The molecule has 0 saturated carbocycles. The quantitative estimate of drug-likeness (QED) is 0.724. The zero-order valence-corrected chi connectivity index (χ0v) is 13.0. The molecule has 7 nitrogen and oxygen atoms in total. The highest BCUT2D eigenvalue weighted by atomic mass is 32.2. The minimum Gasteiger partial charge on any atom is -0.385 e. The fraction of sp³-hybridized carbons (Fsp3) is 0.357. The van der Waals surface area contributed by atoms with Gasteiger partial charge in [-0.05, 0) is 18.6 Å². The molecule has 0 saturated heterocycles. The van der Waals surface area contributed by atoms with Crippen molar-refractivity contribution in [1.82, 2.24) is 15.3 Å². The fourth-order valence-corrected chi connectivity index (χ4v) is 2.95. The Morgan fingerprint density at radius 3 is 2.95 bits per heavy atom. The number of ether oxygens (including phenoxy) is 1. The van der Waals surface area contributed by atoms with Gasteiger partial charge in [-0.3, -0.25) is 0 Å². The van der Waals surface area contributed by atoms with E-state index in [0.29, 0.717) is 0 Å². The van der Waals surface area contributed by atoms with Crippen molar-refractivity contribution < 1.29 is 4.74 Å². The van der Waals surface area contributed by atoms with Crippen molar-refractivity contribution in [2.75, 3.05) is 26.0 Å². The van der Waals surface area contributed by atoms with Gasteiger partial charge < -0.3 is 20.0 Å². The van der Waals surface area contributed by atoms with Crippen LogP contribution in [-0.4, -0.2) is 46.9 Å². The number of benzene rings is 1. The van der Waals surface area contributed by atoms with Crippen LogP contribution < -0.4 is 11.0 Å². The lowest BCUT2D eigenvalue weighted by molar-refractivity contribution is 0.196. The number of rotatable bonds is 5. The summed E-state index contributed by atoms with van der Waals surface area (Å²) in [5, 5.41) is 12.6. The summed E-state index contributed by atoms with van der Waals surface area (Å²) in [4.78, 5) is 16.8. The molecule has 0 unspecified atom stereocenters. The van der Waals surface area contributed by atoms with E-state index in [-0.39, 0.29) is 5.69 Å². The predicted molar refractivity (Wildman–Crippen MR) is 89.8 cm³/mol. The number of aromatic nitrogens is 2. The molecular formula is C14H17N5O2S. The van der Waals surface area contributed by atoms with E-state index in [1.54, 1.807) is 18.9 Å². The molecule has 2 heterocycles. The van der Waals surface area contributed by atoms with Gasteiger partial charge in [0.1, 0.15) is 0 Å². The second-order valence-electron chi connectivity index (χ2n) is 4.85. The van der Waals surface area contributed by atoms with Gasteiger partial charge >= 0.3 is 5.69 Å². The third-order valence-corrected chi connectivity index (χ3v) is 4.17. The van der Waals surface area contributed by atoms with Crippen LogP contribution in [0.1, 0.15) is 12.0 Å². The smallest absolute Gasteiger partial charge is 0.323 e. The van der Waals surface area contributed by atoms with Gasteiger partial charge in [-0.2, -0.15) is 5.10 Å². The first-order chi connectivity index (χ1) is 10.8. The van der Waals surface area contributed by atoms with Gasteiger partial charge in [0.25, 0.3) is 0 Å². The lowest BCUT2D eigenvalue weighted by Gasteiger charge is -2.13. The maximum atomic E-state index is 11.3. The van der Waals surface area contributed by atoms with Crippen LogP contribution in [0.3, 0.4) is 0 Å². The monoisotopic (exact) mass is 319 g/mol. The topological polar surface area (TPSA) is 94.6 Å². The molecule has 0 aliphatic carbocycles. The number of hydrogen-bond acceptors (Lipinski definition) is 6. The third kappa shape index (κ3) is 3.40. The maximum absolute atomic E-state index is 11.3. The second-order valence-corrected chi connectivity index (χ2v) is 5.82. The molecule has 2 aromatic rings. The number of fused-ring (bicyclic) bond motifs is 1. The van der Waals surface area contributed by atoms with Gasteiger partial charge in [0.2, 0.25) is 0 Å². The lowest BCUT2D eigenvalue weighted by atomic mass is 10.1. The normalized spacial score (nSPS) is 14.8. The highest BCUT2D eigenvalue weighted by Gasteiger charge is 2.13. The standard InChI is InChI=1S/C14H17N5O2S/c1-21-6-2-5-15-14-19-18-12(8-22-14)9-3-4-10-11(7-9)17-13(20)16-10/h3-4,7H,2,5-6,8H2,1H3,(H,15,19)(H2,16,17,20). The summed E-state index contributed by atoms with van der Waals surface area (Å²) in [6.45, 7) is 1.55. The number of nitrogens with one attached hydrogen (secondary N) is 3. The number of aromatic amines is 2. The van der Waals surface area contributed by atoms with E-state index < -0.39 is 0 Å². The van der Waals surface area contributed by atoms with Crippen molar-refractivity contribution in [3.05, 3.63) is 34.2 Å². The summed E-state index contributed by atoms with van der Waals surface area (Å²) < 4.78 is 5.00. The molecule has 1 aliphatic rings. The minimum absolute atomic E-state index is 0.201. The Morgan fingerprint density at radius 1 is 1.32 bits per heavy atom. The second kappa shape index (κ2) is 6.80. The van der Waals surface area contributed by atoms with E-state index in [9.17, 15) is 4.79 Å². The van der Waals surface area contributed by atoms with Gasteiger partial charge in [-0.25, -0.2) is 4.79 Å². The molecule has 3 rings (SSSR count). The summed E-state index contributed by atoms with van der Waals surface area (Å²) in [5.41, 5.74) is 3.24. The fourth-order valence-electron chi connectivity index (χ4n) is 2.15. The van der Waals surface area contributed by atoms with Crippen molar-refractivity contribution in [1.29, 1.82) is 0 Å². The SMILES string of the molecule is COCCCNC1=NN=C(c2ccc3[nH]c(=O)[nH]c3c2)CS1. The third-order valence-electron chi connectivity index (χ3n) is 3.26. The summed E-state index contributed by atoms with van der Waals surface area (Å²) in [6, 6.07) is 5.73. The zero-order valence-electron chi connectivity index (χ0n) is 12.2. The van der Waals surface area contributed by atoms with Crippen LogP contribution in [0.5, 0.6) is 0 Å². The average Bonchev–Trinajstić information content (AvgIpc) is 2.91. The Balaban J connectivity index is 1.70. The van der Waals surface area contributed by atoms with E-state index in [1.165, 1.54) is 0 Å². The molecule has 8 heteroatoms. The molecule has 0 spiro atoms. The van der Waals surface area contributed by atoms with Gasteiger partial charge in [-0.1, -0.05) is 17.8 Å². The molecule has 0 atom stereocenters. The van der Waals surface area contributed by atoms with Gasteiger partial charge in [0.05, 0.1) is 16.7 Å². The highest BCUT2D eigenvalue weighted by Crippen LogP contribution is 2.17. The maximum Gasteiger partial charge on any atom is 0.323 e. The predicted octanol–water partition coefficient (Wildman–Crippen LogP) is 1.29. The Labute approximate surface area is 131 Å². The Hall–Kier alpha value is -2.06. The molecule has 22 heavy (non-hydrogen) atoms. The first-order valence-electron chi connectivity index (χ1n) is 6.99. The molecule has 3 N–H and O–H groups in total. The molecule has 0 radical (unpaired) electrons. The van der Waals surface area contributed by atoms with Crippen LogP contribution in [0.4, 0.5) is 0 Å². The Kier molecular flexibility index (Phi) is 4.59. The zero-order chi connectivity index (χ0) is 15.4. The van der Waals surface area contributed by atoms with Crippen LogP contribution in [0.25, 0.3) is 11.0 Å². The van der Waals surface area contributed by atoms with E-state index in [1.807, 2.05) is 18.2 Å². The molecule has 116 valence electrons. The van der Waals surface area contributed by atoms with E-state index in [4.69, 9.17) is 4.74 Å². The van der Waals surface area contributed by atoms with Crippen LogP contribution >= 0.6 is 11.8 Å². The van der Waals surface area contributed by atoms with E-state index in [2.05, 4.69) is 25.5 Å². The average molecular weight is 319 g/mol. The van der Waals surface area contributed by atoms with E-state index in [0.717, 1.165) is 52.8 Å². The van der Waals surface area contributed by atoms with Crippen LogP contribution in [0.15, 0.2) is 33.2 Å². The molecule has 1 aliphatic heterocycles. The molecule has 1 aromatic carbocycles. The highest BCUT2D eigenvalue weighted by molar-refractivity contribution is 8.14. The molecule has 1 aromatic heterocycles. The molecule has 0 amide bonds. The Morgan fingerprint density at radius 2 is 2.18 bits per heavy atom. The number of amidine groups is 1. The lowest BCUT2D eigenvalue weighted by Crippen LogP contribution is -2.25. The van der Waals surface area contributed by atoms with Crippen molar-refractivity contribution in [2.24, 2.45) is 10.2 Å². The number of imidazole rings is 1. The largest absolute Gasteiger partial charge is 0.385 e.